The number of esters is 1. The lowest BCUT2D eigenvalue weighted by Gasteiger charge is -2.34. The number of aliphatic hydroxyl groups is 1. The lowest BCUT2D eigenvalue weighted by Crippen LogP contribution is -2.49. The molecule has 186 valence electrons. The van der Waals surface area contributed by atoms with Gasteiger partial charge in [0.15, 0.2) is 0 Å². The van der Waals surface area contributed by atoms with E-state index in [1.54, 1.807) is 11.8 Å². The maximum atomic E-state index is 13.6. The molecule has 0 aromatic rings. The zero-order valence-corrected chi connectivity index (χ0v) is 19.9. The maximum Gasteiger partial charge on any atom is 0.310 e. The Kier molecular flexibility index (Phi) is 9.70. The number of aliphatic hydroxyl groups excluding tert-OH is 1. The number of hydrogen-bond acceptors (Lipinski definition) is 7. The highest BCUT2D eigenvalue weighted by atomic mass is 16.5. The van der Waals surface area contributed by atoms with E-state index in [0.717, 1.165) is 32.5 Å². The normalized spacial score (nSPS) is 29.7. The van der Waals surface area contributed by atoms with Gasteiger partial charge in [0.05, 0.1) is 31.7 Å². The van der Waals surface area contributed by atoms with Gasteiger partial charge < -0.3 is 24.8 Å². The number of nitrogens with zero attached hydrogens (tertiary/aromatic N) is 2. The summed E-state index contributed by atoms with van der Waals surface area (Å²) in [6.45, 7) is 8.56. The first-order chi connectivity index (χ1) is 16.0. The van der Waals surface area contributed by atoms with Gasteiger partial charge in [-0.3, -0.25) is 19.3 Å². The van der Waals surface area contributed by atoms with Gasteiger partial charge >= 0.3 is 5.97 Å². The molecular formula is C24H39N3O6. The van der Waals surface area contributed by atoms with Gasteiger partial charge in [-0.1, -0.05) is 25.5 Å². The van der Waals surface area contributed by atoms with Gasteiger partial charge in [0.1, 0.15) is 6.04 Å². The zero-order chi connectivity index (χ0) is 23.8. The first-order valence-corrected chi connectivity index (χ1v) is 12.4. The molecule has 9 nitrogen and oxygen atoms in total. The van der Waals surface area contributed by atoms with E-state index in [-0.39, 0.29) is 49.4 Å². The Balaban J connectivity index is 1.78. The second-order valence-electron chi connectivity index (χ2n) is 9.02. The van der Waals surface area contributed by atoms with E-state index < -0.39 is 17.9 Å². The number of carbonyl (C=O) groups is 3. The molecule has 2 saturated heterocycles. The van der Waals surface area contributed by atoms with Crippen LogP contribution in [0.25, 0.3) is 0 Å². The van der Waals surface area contributed by atoms with Crippen molar-refractivity contribution >= 4 is 17.8 Å². The van der Waals surface area contributed by atoms with E-state index in [2.05, 4.69) is 17.1 Å². The molecule has 0 bridgehead atoms. The average Bonchev–Trinajstić information content (AvgIpc) is 3.10. The fourth-order valence-corrected chi connectivity index (χ4v) is 5.41. The SMILES string of the molecule is CCC[C@@H]1C=C[C@H]2[C@H](C(=O)N(CCCO)[C@@H]2C(=O)NCCN2CCOCC2)[C@@H]1C(=O)OCC. The molecule has 0 saturated carbocycles. The Hall–Kier alpha value is -1.97. The van der Waals surface area contributed by atoms with Gasteiger partial charge in [0, 0.05) is 45.2 Å². The Morgan fingerprint density at radius 2 is 1.97 bits per heavy atom. The molecule has 33 heavy (non-hydrogen) atoms. The number of ether oxygens (including phenoxy) is 2. The van der Waals surface area contributed by atoms with E-state index in [0.29, 0.717) is 26.2 Å². The molecule has 1 aliphatic carbocycles. The molecule has 0 radical (unpaired) electrons. The smallest absolute Gasteiger partial charge is 0.310 e. The molecule has 0 spiro atoms. The summed E-state index contributed by atoms with van der Waals surface area (Å²) in [5.41, 5.74) is 0. The van der Waals surface area contributed by atoms with Gasteiger partial charge in [-0.05, 0) is 25.7 Å². The fraction of sp³-hybridized carbons (Fsp3) is 0.792. The van der Waals surface area contributed by atoms with Crippen molar-refractivity contribution in [3.05, 3.63) is 12.2 Å². The van der Waals surface area contributed by atoms with Crippen LogP contribution < -0.4 is 5.32 Å². The van der Waals surface area contributed by atoms with Crippen LogP contribution >= 0.6 is 0 Å². The minimum absolute atomic E-state index is 0.0694. The number of amides is 2. The van der Waals surface area contributed by atoms with Crippen LogP contribution in [0.3, 0.4) is 0 Å². The van der Waals surface area contributed by atoms with Crippen molar-refractivity contribution in [2.75, 3.05) is 59.2 Å². The standard InChI is InChI=1S/C24H39N3O6/c1-3-6-17-7-8-18-20(19(17)24(31)33-4-2)23(30)27(10-5-14-28)21(18)22(29)25-9-11-26-12-15-32-16-13-26/h7-8,17-21,28H,3-6,9-16H2,1-2H3,(H,25,29)/t17-,18+,19-,20+,21+/m1/s1. The van der Waals surface area contributed by atoms with Crippen molar-refractivity contribution in [3.63, 3.8) is 0 Å². The first-order valence-electron chi connectivity index (χ1n) is 12.4. The van der Waals surface area contributed by atoms with Crippen LogP contribution in [-0.4, -0.2) is 97.9 Å². The molecule has 2 amide bonds. The van der Waals surface area contributed by atoms with Gasteiger partial charge in [-0.2, -0.15) is 0 Å². The number of hydrogen-bond donors (Lipinski definition) is 2. The number of morpholine rings is 1. The quantitative estimate of drug-likeness (QED) is 0.336. The highest BCUT2D eigenvalue weighted by Crippen LogP contribution is 2.45. The van der Waals surface area contributed by atoms with Crippen molar-refractivity contribution in [2.45, 2.75) is 39.2 Å². The number of nitrogens with one attached hydrogen (secondary N) is 1. The van der Waals surface area contributed by atoms with E-state index in [9.17, 15) is 19.5 Å². The lowest BCUT2D eigenvalue weighted by molar-refractivity contribution is -0.155. The Labute approximate surface area is 196 Å². The number of carbonyl (C=O) groups excluding carboxylic acids is 3. The molecule has 2 heterocycles. The summed E-state index contributed by atoms with van der Waals surface area (Å²) in [5.74, 6) is -2.42. The van der Waals surface area contributed by atoms with Crippen molar-refractivity contribution in [1.29, 1.82) is 0 Å². The molecule has 3 rings (SSSR count). The second kappa shape index (κ2) is 12.5. The third-order valence-electron chi connectivity index (χ3n) is 6.95. The Morgan fingerprint density at radius 3 is 2.64 bits per heavy atom. The third kappa shape index (κ3) is 5.94. The molecule has 9 heteroatoms. The van der Waals surface area contributed by atoms with Gasteiger partial charge in [-0.25, -0.2) is 0 Å². The molecular weight excluding hydrogens is 426 g/mol. The number of likely N-dealkylation sites (tertiary alicyclic amines) is 1. The largest absolute Gasteiger partial charge is 0.466 e. The monoisotopic (exact) mass is 465 g/mol. The zero-order valence-electron chi connectivity index (χ0n) is 19.9. The minimum Gasteiger partial charge on any atom is -0.466 e. The third-order valence-corrected chi connectivity index (χ3v) is 6.95. The topological polar surface area (TPSA) is 108 Å². The summed E-state index contributed by atoms with van der Waals surface area (Å²) in [6, 6.07) is -0.686. The summed E-state index contributed by atoms with van der Waals surface area (Å²) in [6.07, 6.45) is 6.02. The van der Waals surface area contributed by atoms with Gasteiger partial charge in [0.25, 0.3) is 0 Å². The van der Waals surface area contributed by atoms with Crippen molar-refractivity contribution in [3.8, 4) is 0 Å². The van der Waals surface area contributed by atoms with E-state index >= 15 is 0 Å². The summed E-state index contributed by atoms with van der Waals surface area (Å²) >= 11 is 0. The molecule has 2 fully saturated rings. The number of rotatable bonds is 11. The molecule has 0 aromatic heterocycles. The molecule has 3 aliphatic rings. The minimum atomic E-state index is -0.686. The summed E-state index contributed by atoms with van der Waals surface area (Å²) in [4.78, 5) is 43.6. The predicted molar refractivity (Wildman–Crippen MR) is 122 cm³/mol. The van der Waals surface area contributed by atoms with Gasteiger partial charge in [-0.15, -0.1) is 0 Å². The van der Waals surface area contributed by atoms with Crippen LogP contribution in [0.5, 0.6) is 0 Å². The van der Waals surface area contributed by atoms with Crippen molar-refractivity contribution in [2.24, 2.45) is 23.7 Å². The van der Waals surface area contributed by atoms with Crippen LogP contribution in [0, 0.1) is 23.7 Å². The summed E-state index contributed by atoms with van der Waals surface area (Å²) in [5, 5.41) is 12.4. The van der Waals surface area contributed by atoms with E-state index in [1.807, 2.05) is 12.2 Å². The first kappa shape index (κ1) is 25.6. The number of fused-ring (bicyclic) bond motifs is 1. The highest BCUT2D eigenvalue weighted by Gasteiger charge is 2.57. The van der Waals surface area contributed by atoms with Crippen LogP contribution in [0.4, 0.5) is 0 Å². The summed E-state index contributed by atoms with van der Waals surface area (Å²) in [7, 11) is 0. The van der Waals surface area contributed by atoms with Crippen LogP contribution in [0.1, 0.15) is 33.1 Å². The molecule has 0 unspecified atom stereocenters. The lowest BCUT2D eigenvalue weighted by atomic mass is 9.69. The number of allylic oxidation sites excluding steroid dienone is 1. The van der Waals surface area contributed by atoms with Crippen LogP contribution in [0.15, 0.2) is 12.2 Å². The van der Waals surface area contributed by atoms with Crippen molar-refractivity contribution in [1.82, 2.24) is 15.1 Å². The molecule has 0 aromatic carbocycles. The van der Waals surface area contributed by atoms with Crippen LogP contribution in [-0.2, 0) is 23.9 Å². The summed E-state index contributed by atoms with van der Waals surface area (Å²) < 4.78 is 10.7. The fourth-order valence-electron chi connectivity index (χ4n) is 5.41. The van der Waals surface area contributed by atoms with Crippen molar-refractivity contribution < 1.29 is 29.0 Å². The molecule has 5 atom stereocenters. The molecule has 2 N–H and O–H groups in total. The van der Waals surface area contributed by atoms with Gasteiger partial charge in [0.2, 0.25) is 11.8 Å². The second-order valence-corrected chi connectivity index (χ2v) is 9.02. The van der Waals surface area contributed by atoms with E-state index in [1.165, 1.54) is 0 Å². The Bertz CT molecular complexity index is 708. The maximum absolute atomic E-state index is 13.6. The highest BCUT2D eigenvalue weighted by molar-refractivity contribution is 5.96. The molecule has 2 aliphatic heterocycles. The Morgan fingerprint density at radius 1 is 1.21 bits per heavy atom. The predicted octanol–water partition coefficient (Wildman–Crippen LogP) is 0.426. The van der Waals surface area contributed by atoms with Crippen LogP contribution in [0.2, 0.25) is 0 Å². The average molecular weight is 466 g/mol. The van der Waals surface area contributed by atoms with E-state index in [4.69, 9.17) is 9.47 Å².